The van der Waals surface area contributed by atoms with Gasteiger partial charge in [-0.05, 0) is 17.7 Å². The number of hydrogen-bond donors (Lipinski definition) is 1. The molecule has 0 aromatic heterocycles. The second-order valence-electron chi connectivity index (χ2n) is 3.52. The van der Waals surface area contributed by atoms with E-state index in [1.54, 1.807) is 0 Å². The molecule has 0 bridgehead atoms. The van der Waals surface area contributed by atoms with Gasteiger partial charge in [0.25, 0.3) is 0 Å². The third-order valence-corrected chi connectivity index (χ3v) is 2.92. The summed E-state index contributed by atoms with van der Waals surface area (Å²) in [7, 11) is 2.22. The summed E-state index contributed by atoms with van der Waals surface area (Å²) in [6.45, 7) is 0. The maximum atomic E-state index is 11.6. The summed E-state index contributed by atoms with van der Waals surface area (Å²) in [5.74, 6) is -4.43. The smallest absolute Gasteiger partial charge is 0.336 e. The van der Waals surface area contributed by atoms with E-state index in [0.717, 1.165) is 14.2 Å². The lowest BCUT2D eigenvalue weighted by molar-refractivity contribution is -0.154. The fourth-order valence-corrected chi connectivity index (χ4v) is 1.91. The fraction of sp³-hybridized carbons (Fsp3) is 0.250. The van der Waals surface area contributed by atoms with Crippen LogP contribution in [0.4, 0.5) is 0 Å². The second-order valence-corrected chi connectivity index (χ2v) is 4.43. The highest BCUT2D eigenvalue weighted by Gasteiger charge is 2.33. The molecule has 19 heavy (non-hydrogen) atoms. The quantitative estimate of drug-likeness (QED) is 0.665. The number of benzene rings is 1. The monoisotopic (exact) mass is 330 g/mol. The number of hydrogen-bond acceptors (Lipinski definition) is 5. The molecule has 102 valence electrons. The van der Waals surface area contributed by atoms with E-state index in [1.807, 2.05) is 0 Å². The van der Waals surface area contributed by atoms with Crippen molar-refractivity contribution in [1.29, 1.82) is 0 Å². The van der Waals surface area contributed by atoms with Crippen LogP contribution in [0.1, 0.15) is 21.8 Å². The lowest BCUT2D eigenvalue weighted by Gasteiger charge is -2.15. The highest BCUT2D eigenvalue weighted by Crippen LogP contribution is 2.26. The van der Waals surface area contributed by atoms with Crippen molar-refractivity contribution in [1.82, 2.24) is 0 Å². The molecule has 0 fully saturated rings. The molecule has 0 aliphatic heterocycles. The van der Waals surface area contributed by atoms with Crippen molar-refractivity contribution in [3.05, 3.63) is 33.8 Å². The molecule has 1 N–H and O–H groups in total. The maximum absolute atomic E-state index is 11.6. The van der Waals surface area contributed by atoms with Crippen LogP contribution in [0, 0.1) is 0 Å². The average molecular weight is 331 g/mol. The van der Waals surface area contributed by atoms with E-state index in [4.69, 9.17) is 5.11 Å². The number of carbonyl (C=O) groups is 3. The zero-order valence-corrected chi connectivity index (χ0v) is 11.8. The molecule has 0 amide bonds. The molecule has 0 unspecified atom stereocenters. The first-order chi connectivity index (χ1) is 8.92. The van der Waals surface area contributed by atoms with Gasteiger partial charge >= 0.3 is 17.9 Å². The van der Waals surface area contributed by atoms with E-state index in [-0.39, 0.29) is 11.1 Å². The zero-order chi connectivity index (χ0) is 14.6. The van der Waals surface area contributed by atoms with Crippen molar-refractivity contribution in [3.63, 3.8) is 0 Å². The van der Waals surface area contributed by atoms with Crippen molar-refractivity contribution in [3.8, 4) is 0 Å². The molecule has 0 heterocycles. The summed E-state index contributed by atoms with van der Waals surface area (Å²) in [6.07, 6.45) is 0. The van der Waals surface area contributed by atoms with Gasteiger partial charge in [0.15, 0.2) is 5.92 Å². The van der Waals surface area contributed by atoms with Gasteiger partial charge in [-0.3, -0.25) is 9.59 Å². The molecule has 0 radical (unpaired) electrons. The van der Waals surface area contributed by atoms with E-state index in [2.05, 4.69) is 25.4 Å². The van der Waals surface area contributed by atoms with Crippen LogP contribution in [0.3, 0.4) is 0 Å². The lowest BCUT2D eigenvalue weighted by Crippen LogP contribution is -2.26. The minimum atomic E-state index is -1.42. The minimum Gasteiger partial charge on any atom is -0.478 e. The number of carboxylic acids is 1. The topological polar surface area (TPSA) is 89.9 Å². The van der Waals surface area contributed by atoms with Crippen molar-refractivity contribution < 1.29 is 29.0 Å². The van der Waals surface area contributed by atoms with Crippen LogP contribution in [0.25, 0.3) is 0 Å². The Morgan fingerprint density at radius 3 is 2.11 bits per heavy atom. The zero-order valence-electron chi connectivity index (χ0n) is 10.2. The maximum Gasteiger partial charge on any atom is 0.336 e. The summed E-state index contributed by atoms with van der Waals surface area (Å²) in [4.78, 5) is 34.5. The summed E-state index contributed by atoms with van der Waals surface area (Å²) in [5.41, 5.74) is -0.149. The normalized spacial score (nSPS) is 10.1. The molecule has 7 heteroatoms. The number of rotatable bonds is 4. The summed E-state index contributed by atoms with van der Waals surface area (Å²) in [6, 6.07) is 4.20. The highest BCUT2D eigenvalue weighted by atomic mass is 79.9. The molecule has 1 aromatic carbocycles. The van der Waals surface area contributed by atoms with Crippen LogP contribution >= 0.6 is 15.9 Å². The van der Waals surface area contributed by atoms with Gasteiger partial charge < -0.3 is 14.6 Å². The van der Waals surface area contributed by atoms with E-state index in [0.29, 0.717) is 4.47 Å². The van der Waals surface area contributed by atoms with E-state index >= 15 is 0 Å². The van der Waals surface area contributed by atoms with Gasteiger partial charge in [-0.15, -0.1) is 0 Å². The van der Waals surface area contributed by atoms with Crippen molar-refractivity contribution in [2.75, 3.05) is 14.2 Å². The number of carboxylic acid groups (broad SMARTS) is 1. The molecule has 1 rings (SSSR count). The largest absolute Gasteiger partial charge is 0.478 e. The molecule has 0 atom stereocenters. The number of carbonyl (C=O) groups excluding carboxylic acids is 2. The Morgan fingerprint density at radius 1 is 1.16 bits per heavy atom. The Balaban J connectivity index is 3.41. The van der Waals surface area contributed by atoms with Crippen molar-refractivity contribution in [2.24, 2.45) is 0 Å². The van der Waals surface area contributed by atoms with Crippen LogP contribution in [0.15, 0.2) is 22.7 Å². The number of aromatic carboxylic acids is 1. The summed E-state index contributed by atoms with van der Waals surface area (Å²) < 4.78 is 9.54. The van der Waals surface area contributed by atoms with Crippen LogP contribution in [-0.4, -0.2) is 37.2 Å². The molecule has 0 aliphatic rings. The van der Waals surface area contributed by atoms with Crippen molar-refractivity contribution >= 4 is 33.8 Å². The Morgan fingerprint density at radius 2 is 1.68 bits per heavy atom. The Labute approximate surface area is 117 Å². The number of halogens is 1. The third kappa shape index (κ3) is 3.31. The van der Waals surface area contributed by atoms with E-state index < -0.39 is 23.8 Å². The molecular formula is C12H11BrO6. The third-order valence-electron chi connectivity index (χ3n) is 2.43. The first kappa shape index (κ1) is 15.2. The number of methoxy groups -OCH3 is 2. The van der Waals surface area contributed by atoms with Gasteiger partial charge in [-0.2, -0.15) is 0 Å². The van der Waals surface area contributed by atoms with Gasteiger partial charge in [0, 0.05) is 4.47 Å². The van der Waals surface area contributed by atoms with Gasteiger partial charge in [-0.25, -0.2) is 4.79 Å². The van der Waals surface area contributed by atoms with E-state index in [9.17, 15) is 14.4 Å². The summed E-state index contributed by atoms with van der Waals surface area (Å²) in [5, 5.41) is 9.12. The minimum absolute atomic E-state index is 0.0226. The first-order valence-corrected chi connectivity index (χ1v) is 5.90. The van der Waals surface area contributed by atoms with Crippen LogP contribution in [0.5, 0.6) is 0 Å². The van der Waals surface area contributed by atoms with Crippen LogP contribution in [0.2, 0.25) is 0 Å². The van der Waals surface area contributed by atoms with Crippen LogP contribution < -0.4 is 0 Å². The van der Waals surface area contributed by atoms with Gasteiger partial charge in [-0.1, -0.05) is 22.0 Å². The van der Waals surface area contributed by atoms with Gasteiger partial charge in [0.1, 0.15) is 0 Å². The SMILES string of the molecule is COC(=O)C(C(=O)OC)c1ccc(Br)cc1C(=O)O. The van der Waals surface area contributed by atoms with Crippen molar-refractivity contribution in [2.45, 2.75) is 5.92 Å². The first-order valence-electron chi connectivity index (χ1n) is 5.10. The average Bonchev–Trinajstić information content (AvgIpc) is 2.39. The second kappa shape index (κ2) is 6.33. The molecule has 0 saturated carbocycles. The Hall–Kier alpha value is -1.89. The molecule has 6 nitrogen and oxygen atoms in total. The van der Waals surface area contributed by atoms with E-state index in [1.165, 1.54) is 18.2 Å². The van der Waals surface area contributed by atoms with Crippen LogP contribution in [-0.2, 0) is 19.1 Å². The standard InChI is InChI=1S/C12H11BrO6/c1-18-11(16)9(12(17)19-2)7-4-3-6(13)5-8(7)10(14)15/h3-5,9H,1-2H3,(H,14,15). The molecule has 0 saturated heterocycles. The summed E-state index contributed by atoms with van der Waals surface area (Å²) >= 11 is 3.13. The molecular weight excluding hydrogens is 320 g/mol. The molecule has 1 aromatic rings. The predicted octanol–water partition coefficient (Wildman–Crippen LogP) is 1.58. The number of esters is 2. The molecule has 0 aliphatic carbocycles. The fourth-order valence-electron chi connectivity index (χ4n) is 1.55. The lowest BCUT2D eigenvalue weighted by atomic mass is 9.94. The highest BCUT2D eigenvalue weighted by molar-refractivity contribution is 9.10. The predicted molar refractivity (Wildman–Crippen MR) is 67.9 cm³/mol. The Bertz CT molecular complexity index is 509. The van der Waals surface area contributed by atoms with Gasteiger partial charge in [0.05, 0.1) is 19.8 Å². The molecule has 0 spiro atoms. The Kier molecular flexibility index (Phi) is 5.05. The van der Waals surface area contributed by atoms with Gasteiger partial charge in [0.2, 0.25) is 0 Å². The number of ether oxygens (including phenoxy) is 2.